The fourth-order valence-electron chi connectivity index (χ4n) is 3.77. The maximum absolute atomic E-state index is 11.0. The lowest BCUT2D eigenvalue weighted by Gasteiger charge is -2.23. The molecule has 2 heterocycles. The number of primary amides is 1. The highest BCUT2D eigenvalue weighted by Crippen LogP contribution is 2.34. The Hall–Kier alpha value is -3.06. The molecule has 1 fully saturated rings. The molecule has 7 heteroatoms. The number of hydrogen-bond acceptors (Lipinski definition) is 5. The van der Waals surface area contributed by atoms with Gasteiger partial charge in [-0.15, -0.1) is 0 Å². The molecule has 146 valence electrons. The van der Waals surface area contributed by atoms with Crippen molar-refractivity contribution in [3.05, 3.63) is 53.9 Å². The van der Waals surface area contributed by atoms with Crippen molar-refractivity contribution < 1.29 is 14.3 Å². The largest absolute Gasteiger partial charge is 0.493 e. The summed E-state index contributed by atoms with van der Waals surface area (Å²) in [5.74, 6) is 1.60. The van der Waals surface area contributed by atoms with Crippen LogP contribution >= 0.6 is 0 Å². The molecule has 4 rings (SSSR count). The quantitative estimate of drug-likeness (QED) is 0.657. The summed E-state index contributed by atoms with van der Waals surface area (Å²) in [4.78, 5) is 21.7. The van der Waals surface area contributed by atoms with Crippen LogP contribution in [0.4, 0.5) is 0 Å². The minimum Gasteiger partial charge on any atom is -0.493 e. The Kier molecular flexibility index (Phi) is 5.16. The van der Waals surface area contributed by atoms with Crippen LogP contribution in [0, 0.1) is 0 Å². The second-order valence-electron chi connectivity index (χ2n) is 7.01. The summed E-state index contributed by atoms with van der Waals surface area (Å²) in [7, 11) is 1.57. The van der Waals surface area contributed by atoms with Crippen LogP contribution in [-0.2, 0) is 11.3 Å². The zero-order valence-corrected chi connectivity index (χ0v) is 15.9. The highest BCUT2D eigenvalue weighted by molar-refractivity contribution is 5.75. The van der Waals surface area contributed by atoms with E-state index in [2.05, 4.69) is 16.0 Å². The molecule has 0 radical (unpaired) electrons. The van der Waals surface area contributed by atoms with Crippen molar-refractivity contribution in [3.63, 3.8) is 0 Å². The molecule has 1 aliphatic heterocycles. The lowest BCUT2D eigenvalue weighted by molar-refractivity contribution is -0.119. The number of carbonyl (C=O) groups is 1. The van der Waals surface area contributed by atoms with E-state index in [0.29, 0.717) is 11.5 Å². The summed E-state index contributed by atoms with van der Waals surface area (Å²) < 4.78 is 10.8. The molecule has 28 heavy (non-hydrogen) atoms. The van der Waals surface area contributed by atoms with Crippen LogP contribution in [-0.4, -0.2) is 41.0 Å². The maximum Gasteiger partial charge on any atom is 0.255 e. The Bertz CT molecular complexity index is 952. The molecule has 0 saturated carbocycles. The van der Waals surface area contributed by atoms with E-state index in [4.69, 9.17) is 20.2 Å². The molecule has 1 aliphatic rings. The van der Waals surface area contributed by atoms with Crippen molar-refractivity contribution in [2.75, 3.05) is 20.3 Å². The molecule has 1 saturated heterocycles. The van der Waals surface area contributed by atoms with Gasteiger partial charge in [0.2, 0.25) is 0 Å². The van der Waals surface area contributed by atoms with Crippen LogP contribution in [0.3, 0.4) is 0 Å². The average Bonchev–Trinajstić information content (AvgIpc) is 3.32. The second kappa shape index (κ2) is 7.90. The number of fused-ring (bicyclic) bond motifs is 1. The van der Waals surface area contributed by atoms with Gasteiger partial charge in [-0.2, -0.15) is 0 Å². The van der Waals surface area contributed by atoms with Crippen LogP contribution in [0.1, 0.15) is 30.3 Å². The zero-order valence-electron chi connectivity index (χ0n) is 15.9. The highest BCUT2D eigenvalue weighted by Gasteiger charge is 2.28. The topological polar surface area (TPSA) is 93.5 Å². The van der Waals surface area contributed by atoms with Gasteiger partial charge in [-0.05, 0) is 49.2 Å². The number of rotatable bonds is 7. The number of nitrogens with two attached hydrogens (primary N) is 1. The molecule has 3 aromatic rings. The Morgan fingerprint density at radius 3 is 2.93 bits per heavy atom. The number of methoxy groups -OCH3 is 1. The van der Waals surface area contributed by atoms with Crippen molar-refractivity contribution in [2.45, 2.75) is 25.4 Å². The number of likely N-dealkylation sites (tertiary alicyclic amines) is 1. The van der Waals surface area contributed by atoms with Crippen LogP contribution < -0.4 is 15.2 Å². The third-order valence-electron chi connectivity index (χ3n) is 5.07. The van der Waals surface area contributed by atoms with Crippen molar-refractivity contribution >= 4 is 16.9 Å². The molecule has 1 amide bonds. The molecule has 1 unspecified atom stereocenters. The van der Waals surface area contributed by atoms with E-state index < -0.39 is 5.91 Å². The predicted molar refractivity (Wildman–Crippen MR) is 106 cm³/mol. The third kappa shape index (κ3) is 3.80. The van der Waals surface area contributed by atoms with Gasteiger partial charge in [-0.1, -0.05) is 18.2 Å². The van der Waals surface area contributed by atoms with Crippen LogP contribution in [0.5, 0.6) is 11.5 Å². The maximum atomic E-state index is 11.0. The number of H-pyrrole nitrogens is 1. The normalized spacial score (nSPS) is 17.1. The SMILES string of the molecule is COc1ccc(CN2CCCC2c2nc3ccccc3[nH]2)cc1OCC(N)=O. The standard InChI is InChI=1S/C21H24N4O3/c1-27-18-9-8-14(11-19(18)28-13-20(22)26)12-25-10-4-7-17(25)21-23-15-5-2-3-6-16(15)24-21/h2-3,5-6,8-9,11,17H,4,7,10,12-13H2,1H3,(H2,22,26)(H,23,24). The van der Waals surface area contributed by atoms with E-state index in [9.17, 15) is 4.79 Å². The Labute approximate surface area is 163 Å². The number of aromatic nitrogens is 2. The van der Waals surface area contributed by atoms with Crippen molar-refractivity contribution in [2.24, 2.45) is 5.73 Å². The van der Waals surface area contributed by atoms with Gasteiger partial charge < -0.3 is 20.2 Å². The Morgan fingerprint density at radius 2 is 2.14 bits per heavy atom. The second-order valence-corrected chi connectivity index (χ2v) is 7.01. The van der Waals surface area contributed by atoms with Crippen molar-refractivity contribution in [1.82, 2.24) is 14.9 Å². The summed E-state index contributed by atoms with van der Waals surface area (Å²) in [5.41, 5.74) is 8.34. The van der Waals surface area contributed by atoms with Crippen molar-refractivity contribution in [1.29, 1.82) is 0 Å². The van der Waals surface area contributed by atoms with E-state index in [1.54, 1.807) is 7.11 Å². The summed E-state index contributed by atoms with van der Waals surface area (Å²) in [6, 6.07) is 14.1. The molecule has 7 nitrogen and oxygen atoms in total. The van der Waals surface area contributed by atoms with Gasteiger partial charge in [0.25, 0.3) is 5.91 Å². The molecule has 1 aromatic heterocycles. The Balaban J connectivity index is 1.54. The van der Waals surface area contributed by atoms with E-state index >= 15 is 0 Å². The molecule has 3 N–H and O–H groups in total. The third-order valence-corrected chi connectivity index (χ3v) is 5.07. The van der Waals surface area contributed by atoms with Crippen LogP contribution in [0.25, 0.3) is 11.0 Å². The predicted octanol–water partition coefficient (Wildman–Crippen LogP) is 2.77. The number of benzene rings is 2. The summed E-state index contributed by atoms with van der Waals surface area (Å²) in [6.45, 7) is 1.59. The van der Waals surface area contributed by atoms with E-state index in [-0.39, 0.29) is 12.6 Å². The van der Waals surface area contributed by atoms with E-state index in [0.717, 1.165) is 48.4 Å². The summed E-state index contributed by atoms with van der Waals surface area (Å²) in [5, 5.41) is 0. The number of para-hydroxylation sites is 2. The first-order valence-corrected chi connectivity index (χ1v) is 9.41. The number of ether oxygens (including phenoxy) is 2. The molecule has 2 aromatic carbocycles. The van der Waals surface area contributed by atoms with E-state index in [1.165, 1.54) is 0 Å². The number of amides is 1. The monoisotopic (exact) mass is 380 g/mol. The van der Waals surface area contributed by atoms with Gasteiger partial charge in [-0.3, -0.25) is 9.69 Å². The number of carbonyl (C=O) groups excluding carboxylic acids is 1. The lowest BCUT2D eigenvalue weighted by Crippen LogP contribution is -2.24. The Morgan fingerprint density at radius 1 is 1.29 bits per heavy atom. The number of imidazole rings is 1. The number of nitrogens with zero attached hydrogens (tertiary/aromatic N) is 2. The molecule has 0 aliphatic carbocycles. The van der Waals surface area contributed by atoms with E-state index in [1.807, 2.05) is 36.4 Å². The molecule has 1 atom stereocenters. The van der Waals surface area contributed by atoms with Gasteiger partial charge in [-0.25, -0.2) is 4.98 Å². The first-order valence-electron chi connectivity index (χ1n) is 9.41. The average molecular weight is 380 g/mol. The van der Waals surface area contributed by atoms with Gasteiger partial charge in [0.1, 0.15) is 5.82 Å². The van der Waals surface area contributed by atoms with Crippen LogP contribution in [0.15, 0.2) is 42.5 Å². The molecular weight excluding hydrogens is 356 g/mol. The summed E-state index contributed by atoms with van der Waals surface area (Å²) >= 11 is 0. The van der Waals surface area contributed by atoms with Crippen molar-refractivity contribution in [3.8, 4) is 11.5 Å². The van der Waals surface area contributed by atoms with Gasteiger partial charge in [0, 0.05) is 6.54 Å². The first-order chi connectivity index (χ1) is 13.6. The smallest absolute Gasteiger partial charge is 0.255 e. The molecule has 0 spiro atoms. The fourth-order valence-corrected chi connectivity index (χ4v) is 3.77. The fraction of sp³-hybridized carbons (Fsp3) is 0.333. The first kappa shape index (κ1) is 18.3. The zero-order chi connectivity index (χ0) is 19.5. The highest BCUT2D eigenvalue weighted by atomic mass is 16.5. The van der Waals surface area contributed by atoms with Crippen LogP contribution in [0.2, 0.25) is 0 Å². The number of nitrogens with one attached hydrogen (secondary N) is 1. The number of hydrogen-bond donors (Lipinski definition) is 2. The minimum atomic E-state index is -0.517. The minimum absolute atomic E-state index is 0.175. The molecule has 0 bridgehead atoms. The number of aromatic amines is 1. The molecular formula is C21H24N4O3. The van der Waals surface area contributed by atoms with Gasteiger partial charge >= 0.3 is 0 Å². The summed E-state index contributed by atoms with van der Waals surface area (Å²) in [6.07, 6.45) is 2.20. The van der Waals surface area contributed by atoms with Gasteiger partial charge in [0.05, 0.1) is 24.2 Å². The lowest BCUT2D eigenvalue weighted by atomic mass is 10.1. The van der Waals surface area contributed by atoms with Gasteiger partial charge in [0.15, 0.2) is 18.1 Å².